The molecule has 0 saturated heterocycles. The van der Waals surface area contributed by atoms with Gasteiger partial charge in [-0.1, -0.05) is 13.3 Å². The van der Waals surface area contributed by atoms with Gasteiger partial charge in [-0.15, -0.1) is 0 Å². The molecule has 0 saturated carbocycles. The SMILES string of the molecule is CCCCOc1ccc(C(=O)NNC(=O)c2ccc3c(=O)n4c(nc3c2)CCC4)cc1. The Labute approximate surface area is 179 Å². The average molecular weight is 420 g/mol. The topological polar surface area (TPSA) is 102 Å². The molecule has 1 aromatic heterocycles. The molecule has 8 nitrogen and oxygen atoms in total. The molecule has 3 aromatic rings. The largest absolute Gasteiger partial charge is 0.494 e. The molecule has 0 aliphatic carbocycles. The van der Waals surface area contributed by atoms with Crippen molar-refractivity contribution in [2.24, 2.45) is 0 Å². The molecular formula is C23H24N4O4. The van der Waals surface area contributed by atoms with Crippen LogP contribution >= 0.6 is 0 Å². The number of hydrazine groups is 1. The molecule has 0 atom stereocenters. The number of unbranched alkanes of at least 4 members (excludes halogenated alkanes) is 1. The molecule has 31 heavy (non-hydrogen) atoms. The van der Waals surface area contributed by atoms with E-state index in [0.29, 0.717) is 40.9 Å². The first-order chi connectivity index (χ1) is 15.1. The molecule has 2 N–H and O–H groups in total. The number of ether oxygens (including phenoxy) is 1. The molecule has 0 radical (unpaired) electrons. The van der Waals surface area contributed by atoms with Gasteiger partial charge >= 0.3 is 0 Å². The fourth-order valence-electron chi connectivity index (χ4n) is 3.52. The summed E-state index contributed by atoms with van der Waals surface area (Å²) in [4.78, 5) is 41.8. The summed E-state index contributed by atoms with van der Waals surface area (Å²) in [6.07, 6.45) is 3.66. The minimum Gasteiger partial charge on any atom is -0.494 e. The highest BCUT2D eigenvalue weighted by Crippen LogP contribution is 2.16. The lowest BCUT2D eigenvalue weighted by atomic mass is 10.1. The number of aromatic nitrogens is 2. The second-order valence-electron chi connectivity index (χ2n) is 7.45. The van der Waals surface area contributed by atoms with E-state index in [1.54, 1.807) is 47.0 Å². The van der Waals surface area contributed by atoms with E-state index in [4.69, 9.17) is 4.74 Å². The van der Waals surface area contributed by atoms with Gasteiger partial charge in [0.15, 0.2) is 0 Å². The monoisotopic (exact) mass is 420 g/mol. The van der Waals surface area contributed by atoms with Crippen LogP contribution in [0.1, 0.15) is 52.7 Å². The molecule has 0 bridgehead atoms. The summed E-state index contributed by atoms with van der Waals surface area (Å²) in [5, 5.41) is 0.479. The Hall–Kier alpha value is -3.68. The molecule has 0 unspecified atom stereocenters. The van der Waals surface area contributed by atoms with Crippen molar-refractivity contribution in [2.75, 3.05) is 6.61 Å². The summed E-state index contributed by atoms with van der Waals surface area (Å²) in [5.74, 6) is 0.506. The Balaban J connectivity index is 1.40. The minimum atomic E-state index is -0.489. The molecule has 2 heterocycles. The third-order valence-corrected chi connectivity index (χ3v) is 5.25. The average Bonchev–Trinajstić information content (AvgIpc) is 3.26. The van der Waals surface area contributed by atoms with Crippen LogP contribution in [0, 0.1) is 0 Å². The van der Waals surface area contributed by atoms with Gasteiger partial charge in [0.25, 0.3) is 17.4 Å². The number of carbonyl (C=O) groups excluding carboxylic acids is 2. The molecule has 160 valence electrons. The van der Waals surface area contributed by atoms with Crippen LogP contribution in [0.5, 0.6) is 5.75 Å². The van der Waals surface area contributed by atoms with Gasteiger partial charge in [-0.2, -0.15) is 0 Å². The zero-order valence-electron chi connectivity index (χ0n) is 17.3. The third-order valence-electron chi connectivity index (χ3n) is 5.25. The van der Waals surface area contributed by atoms with Crippen molar-refractivity contribution in [3.05, 3.63) is 69.8 Å². The van der Waals surface area contributed by atoms with Crippen molar-refractivity contribution >= 4 is 22.7 Å². The standard InChI is InChI=1S/C23H24N4O4/c1-2-3-13-31-17-9-6-15(7-10-17)21(28)25-26-22(29)16-8-11-18-19(14-16)24-20-5-4-12-27(20)23(18)30/h6-11,14H,2-5,12-13H2,1H3,(H,25,28)(H,26,29). The molecule has 0 fully saturated rings. The molecule has 0 spiro atoms. The number of amides is 2. The maximum absolute atomic E-state index is 12.5. The highest BCUT2D eigenvalue weighted by molar-refractivity contribution is 6.00. The molecule has 4 rings (SSSR count). The van der Waals surface area contributed by atoms with Crippen molar-refractivity contribution in [3.8, 4) is 5.75 Å². The fourth-order valence-corrected chi connectivity index (χ4v) is 3.52. The number of carbonyl (C=O) groups is 2. The van der Waals surface area contributed by atoms with Crippen molar-refractivity contribution in [3.63, 3.8) is 0 Å². The Morgan fingerprint density at radius 2 is 1.77 bits per heavy atom. The second kappa shape index (κ2) is 8.99. The number of fused-ring (bicyclic) bond motifs is 2. The highest BCUT2D eigenvalue weighted by Gasteiger charge is 2.17. The van der Waals surface area contributed by atoms with Crippen LogP contribution in [0.4, 0.5) is 0 Å². The second-order valence-corrected chi connectivity index (χ2v) is 7.45. The van der Waals surface area contributed by atoms with E-state index in [0.717, 1.165) is 31.5 Å². The van der Waals surface area contributed by atoms with Crippen molar-refractivity contribution < 1.29 is 14.3 Å². The molecular weight excluding hydrogens is 396 g/mol. The zero-order valence-corrected chi connectivity index (χ0v) is 17.3. The van der Waals surface area contributed by atoms with Gasteiger partial charge in [0.05, 0.1) is 17.5 Å². The first-order valence-corrected chi connectivity index (χ1v) is 10.4. The van der Waals surface area contributed by atoms with Crippen LogP contribution in [0.2, 0.25) is 0 Å². The summed E-state index contributed by atoms with van der Waals surface area (Å²) in [7, 11) is 0. The molecule has 1 aliphatic rings. The molecule has 8 heteroatoms. The predicted molar refractivity (Wildman–Crippen MR) is 116 cm³/mol. The maximum Gasteiger partial charge on any atom is 0.269 e. The quantitative estimate of drug-likeness (QED) is 0.471. The van der Waals surface area contributed by atoms with Gasteiger partial charge in [-0.05, 0) is 55.3 Å². The third kappa shape index (κ3) is 4.42. The number of nitrogens with zero attached hydrogens (tertiary/aromatic N) is 2. The van der Waals surface area contributed by atoms with Gasteiger partial charge in [0, 0.05) is 24.1 Å². The van der Waals surface area contributed by atoms with Gasteiger partial charge < -0.3 is 4.74 Å². The van der Waals surface area contributed by atoms with Gasteiger partial charge in [-0.25, -0.2) is 4.98 Å². The van der Waals surface area contributed by atoms with E-state index >= 15 is 0 Å². The fraction of sp³-hybridized carbons (Fsp3) is 0.304. The first-order valence-electron chi connectivity index (χ1n) is 10.4. The van der Waals surface area contributed by atoms with Crippen LogP contribution in [-0.2, 0) is 13.0 Å². The maximum atomic E-state index is 12.5. The molecule has 2 aromatic carbocycles. The van der Waals surface area contributed by atoms with Gasteiger partial charge in [0.2, 0.25) is 0 Å². The summed E-state index contributed by atoms with van der Waals surface area (Å²) in [5.41, 5.74) is 5.91. The summed E-state index contributed by atoms with van der Waals surface area (Å²) >= 11 is 0. The van der Waals surface area contributed by atoms with E-state index in [2.05, 4.69) is 22.8 Å². The Bertz CT molecular complexity index is 1180. The zero-order chi connectivity index (χ0) is 21.8. The van der Waals surface area contributed by atoms with E-state index in [-0.39, 0.29) is 5.56 Å². The van der Waals surface area contributed by atoms with Crippen LogP contribution in [0.25, 0.3) is 10.9 Å². The lowest BCUT2D eigenvalue weighted by Gasteiger charge is -2.10. The summed E-state index contributed by atoms with van der Waals surface area (Å²) in [6.45, 7) is 3.40. The Kier molecular flexibility index (Phi) is 5.97. The van der Waals surface area contributed by atoms with E-state index < -0.39 is 11.8 Å². The van der Waals surface area contributed by atoms with E-state index in [9.17, 15) is 14.4 Å². The first kappa shape index (κ1) is 20.6. The summed E-state index contributed by atoms with van der Waals surface area (Å²) < 4.78 is 7.26. The smallest absolute Gasteiger partial charge is 0.269 e. The van der Waals surface area contributed by atoms with Crippen LogP contribution in [-0.4, -0.2) is 28.0 Å². The molecule has 2 amide bonds. The lowest BCUT2D eigenvalue weighted by molar-refractivity contribution is 0.0846. The number of hydrogen-bond acceptors (Lipinski definition) is 5. The normalized spacial score (nSPS) is 12.4. The van der Waals surface area contributed by atoms with Crippen molar-refractivity contribution in [2.45, 2.75) is 39.2 Å². The number of benzene rings is 2. The summed E-state index contributed by atoms with van der Waals surface area (Å²) in [6, 6.07) is 11.4. The predicted octanol–water partition coefficient (Wildman–Crippen LogP) is 2.60. The van der Waals surface area contributed by atoms with E-state index in [1.165, 1.54) is 0 Å². The van der Waals surface area contributed by atoms with Gasteiger partial charge in [0.1, 0.15) is 11.6 Å². The number of rotatable bonds is 6. The number of aryl methyl sites for hydroxylation is 1. The van der Waals surface area contributed by atoms with Crippen LogP contribution in [0.15, 0.2) is 47.3 Å². The molecule has 1 aliphatic heterocycles. The lowest BCUT2D eigenvalue weighted by Crippen LogP contribution is -2.41. The van der Waals surface area contributed by atoms with Crippen LogP contribution in [0.3, 0.4) is 0 Å². The number of nitrogens with one attached hydrogen (secondary N) is 2. The Morgan fingerprint density at radius 1 is 1.06 bits per heavy atom. The van der Waals surface area contributed by atoms with Crippen molar-refractivity contribution in [1.82, 2.24) is 20.4 Å². The highest BCUT2D eigenvalue weighted by atomic mass is 16.5. The van der Waals surface area contributed by atoms with E-state index in [1.807, 2.05) is 0 Å². The Morgan fingerprint density at radius 3 is 2.52 bits per heavy atom. The van der Waals surface area contributed by atoms with Gasteiger partial charge in [-0.3, -0.25) is 29.8 Å². The van der Waals surface area contributed by atoms with Crippen LogP contribution < -0.4 is 21.1 Å². The number of hydrogen-bond donors (Lipinski definition) is 2. The minimum absolute atomic E-state index is 0.0834. The van der Waals surface area contributed by atoms with Crippen molar-refractivity contribution in [1.29, 1.82) is 0 Å².